The number of anilines is 1. The molecule has 31 heavy (non-hydrogen) atoms. The standard InChI is InChI=1S/C24H18AsClNO4/c26-20-3-1-2-4-21(20)27-24(31)25-17-11-9-15(10-12-17)14-5-7-16(8-6-14)22(28)18-13-19(18)23(29)30/h1-12,18-19H,13H2,(H,27,31)(H,29,30). The molecule has 0 saturated heterocycles. The summed E-state index contributed by atoms with van der Waals surface area (Å²) >= 11 is 5.36. The third-order valence-corrected chi connectivity index (χ3v) is 7.32. The van der Waals surface area contributed by atoms with Crippen molar-refractivity contribution in [2.45, 2.75) is 6.42 Å². The summed E-state index contributed by atoms with van der Waals surface area (Å²) in [5, 5.41) is 12.4. The number of halogens is 1. The Labute approximate surface area is 191 Å². The first-order valence-corrected chi connectivity index (χ1v) is 11.9. The third kappa shape index (κ3) is 5.07. The number of carbonyl (C=O) groups is 3. The number of benzene rings is 3. The molecular formula is C24H18AsClNO4. The summed E-state index contributed by atoms with van der Waals surface area (Å²) in [7, 11) is 0. The molecule has 5 nitrogen and oxygen atoms in total. The summed E-state index contributed by atoms with van der Waals surface area (Å²) in [6.45, 7) is 0. The first-order chi connectivity index (χ1) is 14.9. The number of carboxylic acids is 1. The molecule has 3 aromatic carbocycles. The van der Waals surface area contributed by atoms with Gasteiger partial charge in [-0.3, -0.25) is 4.79 Å². The molecule has 1 amide bonds. The van der Waals surface area contributed by atoms with E-state index >= 15 is 0 Å². The quantitative estimate of drug-likeness (QED) is 0.375. The zero-order valence-electron chi connectivity index (χ0n) is 16.3. The van der Waals surface area contributed by atoms with Gasteiger partial charge in [-0.1, -0.05) is 0 Å². The van der Waals surface area contributed by atoms with Crippen molar-refractivity contribution < 1.29 is 19.5 Å². The summed E-state index contributed by atoms with van der Waals surface area (Å²) in [6, 6.07) is 22.1. The van der Waals surface area contributed by atoms with Crippen LogP contribution in [0, 0.1) is 11.8 Å². The summed E-state index contributed by atoms with van der Waals surface area (Å²) < 4.78 is 0.907. The Hall–Kier alpha value is -2.88. The molecule has 7 heteroatoms. The van der Waals surface area contributed by atoms with Crippen molar-refractivity contribution in [3.63, 3.8) is 0 Å². The molecule has 1 saturated carbocycles. The molecule has 3 aromatic rings. The summed E-state index contributed by atoms with van der Waals surface area (Å²) in [6.07, 6.45) is 0.421. The van der Waals surface area contributed by atoms with E-state index in [4.69, 9.17) is 16.7 Å². The van der Waals surface area contributed by atoms with Crippen LogP contribution in [0.15, 0.2) is 72.8 Å². The predicted octanol–water partition coefficient (Wildman–Crippen LogP) is 4.47. The van der Waals surface area contributed by atoms with Crippen LogP contribution in [0.2, 0.25) is 5.02 Å². The van der Waals surface area contributed by atoms with E-state index in [2.05, 4.69) is 5.32 Å². The van der Waals surface area contributed by atoms with Gasteiger partial charge >= 0.3 is 182 Å². The summed E-state index contributed by atoms with van der Waals surface area (Å²) in [4.78, 5) is 35.6. The molecule has 155 valence electrons. The number of aliphatic carboxylic acids is 1. The Morgan fingerprint density at radius 2 is 1.48 bits per heavy atom. The van der Waals surface area contributed by atoms with E-state index in [1.807, 2.05) is 48.5 Å². The molecule has 0 aromatic heterocycles. The van der Waals surface area contributed by atoms with Gasteiger partial charge in [0.15, 0.2) is 0 Å². The number of nitrogens with one attached hydrogen (secondary N) is 1. The predicted molar refractivity (Wildman–Crippen MR) is 121 cm³/mol. The van der Waals surface area contributed by atoms with Crippen LogP contribution in [0.5, 0.6) is 0 Å². The van der Waals surface area contributed by atoms with Gasteiger partial charge in [0.25, 0.3) is 0 Å². The molecule has 2 N–H and O–H groups in total. The molecule has 4 rings (SSSR count). The second kappa shape index (κ2) is 9.09. The molecule has 0 spiro atoms. The van der Waals surface area contributed by atoms with Gasteiger partial charge in [-0.25, -0.2) is 0 Å². The van der Waals surface area contributed by atoms with Crippen molar-refractivity contribution in [3.05, 3.63) is 83.4 Å². The maximum atomic E-state index is 12.4. The molecule has 0 aliphatic heterocycles. The molecular weight excluding hydrogens is 477 g/mol. The van der Waals surface area contributed by atoms with E-state index in [0.29, 0.717) is 22.7 Å². The normalized spacial score (nSPS) is 17.5. The van der Waals surface area contributed by atoms with Gasteiger partial charge in [-0.2, -0.15) is 0 Å². The van der Waals surface area contributed by atoms with Gasteiger partial charge in [0.1, 0.15) is 0 Å². The van der Waals surface area contributed by atoms with Crippen LogP contribution in [-0.4, -0.2) is 37.3 Å². The Bertz CT molecular complexity index is 1150. The minimum absolute atomic E-state index is 0.0558. The fourth-order valence-corrected chi connectivity index (χ4v) is 5.02. The number of hydrogen-bond acceptors (Lipinski definition) is 3. The second-order valence-electron chi connectivity index (χ2n) is 7.30. The van der Waals surface area contributed by atoms with Crippen LogP contribution in [0.3, 0.4) is 0 Å². The fraction of sp³-hybridized carbons (Fsp3) is 0.125. The van der Waals surface area contributed by atoms with Crippen LogP contribution < -0.4 is 9.67 Å². The van der Waals surface area contributed by atoms with E-state index in [0.717, 1.165) is 15.5 Å². The average Bonchev–Trinajstić information content (AvgIpc) is 3.57. The average molecular weight is 495 g/mol. The monoisotopic (exact) mass is 494 g/mol. The van der Waals surface area contributed by atoms with Crippen molar-refractivity contribution in [3.8, 4) is 11.1 Å². The molecule has 2 unspecified atom stereocenters. The van der Waals surface area contributed by atoms with E-state index in [1.165, 1.54) is 0 Å². The molecule has 1 fully saturated rings. The molecule has 1 radical (unpaired) electrons. The zero-order valence-corrected chi connectivity index (χ0v) is 18.9. The maximum absolute atomic E-state index is 12.4. The number of hydrogen-bond donors (Lipinski definition) is 2. The Balaban J connectivity index is 1.38. The van der Waals surface area contributed by atoms with Gasteiger partial charge < -0.3 is 5.11 Å². The molecule has 2 atom stereocenters. The van der Waals surface area contributed by atoms with Crippen LogP contribution in [0.25, 0.3) is 11.1 Å². The van der Waals surface area contributed by atoms with Crippen molar-refractivity contribution in [2.75, 3.05) is 5.32 Å². The first kappa shape index (κ1) is 21.4. The van der Waals surface area contributed by atoms with Gasteiger partial charge in [-0.15, -0.1) is 0 Å². The summed E-state index contributed by atoms with van der Waals surface area (Å²) in [5.41, 5.74) is 3.07. The summed E-state index contributed by atoms with van der Waals surface area (Å²) in [5.74, 6) is -1.96. The second-order valence-corrected chi connectivity index (χ2v) is 10.1. The van der Waals surface area contributed by atoms with Crippen molar-refractivity contribution in [2.24, 2.45) is 11.8 Å². The van der Waals surface area contributed by atoms with Crippen molar-refractivity contribution in [1.29, 1.82) is 0 Å². The van der Waals surface area contributed by atoms with Crippen LogP contribution in [0.4, 0.5) is 10.5 Å². The molecule has 0 heterocycles. The zero-order chi connectivity index (χ0) is 22.0. The topological polar surface area (TPSA) is 83.5 Å². The number of rotatable bonds is 7. The van der Waals surface area contributed by atoms with E-state index < -0.39 is 33.6 Å². The Kier molecular flexibility index (Phi) is 6.26. The number of carboxylic acid groups (broad SMARTS) is 1. The first-order valence-electron chi connectivity index (χ1n) is 9.67. The van der Waals surface area contributed by atoms with Crippen LogP contribution in [0.1, 0.15) is 16.8 Å². The van der Waals surface area contributed by atoms with Gasteiger partial charge in [-0.05, 0) is 0 Å². The van der Waals surface area contributed by atoms with Gasteiger partial charge in [0.2, 0.25) is 0 Å². The molecule has 1 aliphatic rings. The fourth-order valence-electron chi connectivity index (χ4n) is 3.35. The van der Waals surface area contributed by atoms with Crippen LogP contribution >= 0.6 is 11.6 Å². The molecule has 1 aliphatic carbocycles. The van der Waals surface area contributed by atoms with Gasteiger partial charge in [0.05, 0.1) is 0 Å². The SMILES string of the molecule is O=C(Nc1ccccc1Cl)[As]c1ccc(-c2ccc(C(=O)C3CC3C(=O)O)cc2)cc1. The van der Waals surface area contributed by atoms with E-state index in [9.17, 15) is 14.4 Å². The number of para-hydroxylation sites is 1. The number of amides is 1. The molecule has 0 bridgehead atoms. The number of Topliss-reactive ketones (excluding diaryl/α,β-unsaturated/α-hetero) is 1. The van der Waals surface area contributed by atoms with Crippen molar-refractivity contribution >= 4 is 53.8 Å². The van der Waals surface area contributed by atoms with Crippen molar-refractivity contribution in [1.82, 2.24) is 0 Å². The Morgan fingerprint density at radius 3 is 2.06 bits per heavy atom. The number of carbonyl (C=O) groups excluding carboxylic acids is 2. The minimum atomic E-state index is -0.905. The van der Waals surface area contributed by atoms with Crippen LogP contribution in [-0.2, 0) is 4.79 Å². The van der Waals surface area contributed by atoms with Gasteiger partial charge in [0, 0.05) is 0 Å². The number of ketones is 1. The Morgan fingerprint density at radius 1 is 0.871 bits per heavy atom. The van der Waals surface area contributed by atoms with E-state index in [-0.39, 0.29) is 10.5 Å². The van der Waals surface area contributed by atoms with E-state index in [1.54, 1.807) is 24.3 Å². The third-order valence-electron chi connectivity index (χ3n) is 5.16.